The number of carbonyl (C=O) groups is 1. The number of anilines is 1. The Labute approximate surface area is 174 Å². The number of aromatic nitrogens is 2. The highest BCUT2D eigenvalue weighted by atomic mass is 32.2. The molecule has 0 bridgehead atoms. The van der Waals surface area contributed by atoms with E-state index in [-0.39, 0.29) is 23.1 Å². The monoisotopic (exact) mass is 427 g/mol. The first-order valence-corrected chi connectivity index (χ1v) is 10.7. The second-order valence-electron chi connectivity index (χ2n) is 6.14. The third-order valence-corrected chi connectivity index (χ3v) is 6.08. The number of benzene rings is 2. The van der Waals surface area contributed by atoms with E-state index in [1.54, 1.807) is 30.5 Å². The van der Waals surface area contributed by atoms with Crippen molar-refractivity contribution < 1.29 is 13.6 Å². The molecule has 0 aliphatic rings. The fourth-order valence-corrected chi connectivity index (χ4v) is 4.50. The van der Waals surface area contributed by atoms with Gasteiger partial charge >= 0.3 is 0 Å². The number of amides is 1. The van der Waals surface area contributed by atoms with E-state index in [2.05, 4.69) is 9.97 Å². The molecule has 2 aromatic carbocycles. The second-order valence-corrected chi connectivity index (χ2v) is 8.00. The zero-order valence-corrected chi connectivity index (χ0v) is 16.9. The van der Waals surface area contributed by atoms with Crippen molar-refractivity contribution in [1.29, 1.82) is 0 Å². The Balaban J connectivity index is 1.82. The average Bonchev–Trinajstić information content (AvgIpc) is 3.16. The van der Waals surface area contributed by atoms with Crippen molar-refractivity contribution in [2.24, 2.45) is 0 Å². The summed E-state index contributed by atoms with van der Waals surface area (Å²) in [5.41, 5.74) is 1.22. The molecule has 0 spiro atoms. The number of thiazole rings is 1. The molecule has 4 rings (SSSR count). The van der Waals surface area contributed by atoms with Gasteiger partial charge in [0.25, 0.3) is 5.91 Å². The SMILES string of the molecule is CSc1ccccc1C(=O)N(Cc1ccccn1)c1nc2c(F)cc(F)cc2s1. The number of thioether (sulfide) groups is 1. The van der Waals surface area contributed by atoms with Crippen molar-refractivity contribution in [2.75, 3.05) is 11.2 Å². The Kier molecular flexibility index (Phi) is 5.55. The van der Waals surface area contributed by atoms with Gasteiger partial charge in [-0.3, -0.25) is 14.7 Å². The van der Waals surface area contributed by atoms with Crippen LogP contribution in [0, 0.1) is 11.6 Å². The molecule has 4 aromatic rings. The maximum absolute atomic E-state index is 14.2. The summed E-state index contributed by atoms with van der Waals surface area (Å²) in [6.07, 6.45) is 3.53. The number of hydrogen-bond donors (Lipinski definition) is 0. The summed E-state index contributed by atoms with van der Waals surface area (Å²) in [4.78, 5) is 24.3. The molecule has 0 unspecified atom stereocenters. The Bertz CT molecular complexity index is 1180. The van der Waals surface area contributed by atoms with Crippen molar-refractivity contribution in [2.45, 2.75) is 11.4 Å². The summed E-state index contributed by atoms with van der Waals surface area (Å²) in [7, 11) is 0. The van der Waals surface area contributed by atoms with E-state index in [0.29, 0.717) is 16.0 Å². The molecule has 0 fully saturated rings. The molecule has 0 radical (unpaired) electrons. The largest absolute Gasteiger partial charge is 0.278 e. The molecule has 1 amide bonds. The van der Waals surface area contributed by atoms with Crippen LogP contribution in [-0.2, 0) is 6.54 Å². The Hall–Kier alpha value is -2.84. The number of hydrogen-bond acceptors (Lipinski definition) is 5. The quantitative estimate of drug-likeness (QED) is 0.393. The van der Waals surface area contributed by atoms with E-state index >= 15 is 0 Å². The van der Waals surface area contributed by atoms with Crippen LogP contribution in [0.4, 0.5) is 13.9 Å². The van der Waals surface area contributed by atoms with Crippen LogP contribution >= 0.6 is 23.1 Å². The lowest BCUT2D eigenvalue weighted by atomic mass is 10.2. The van der Waals surface area contributed by atoms with Crippen LogP contribution in [0.1, 0.15) is 16.1 Å². The second kappa shape index (κ2) is 8.26. The number of carbonyl (C=O) groups excluding carboxylic acids is 1. The van der Waals surface area contributed by atoms with Gasteiger partial charge in [-0.1, -0.05) is 29.5 Å². The summed E-state index contributed by atoms with van der Waals surface area (Å²) in [5, 5.41) is 0.288. The number of fused-ring (bicyclic) bond motifs is 1. The molecular weight excluding hydrogens is 412 g/mol. The standard InChI is InChI=1S/C21H15F2N3OS2/c1-28-17-8-3-2-7-15(17)20(27)26(12-14-6-4-5-9-24-14)21-25-19-16(23)10-13(22)11-18(19)29-21/h2-11H,12H2,1H3. The molecule has 2 heterocycles. The number of halogens is 2. The average molecular weight is 428 g/mol. The van der Waals surface area contributed by atoms with Crippen LogP contribution < -0.4 is 4.90 Å². The minimum atomic E-state index is -0.753. The van der Waals surface area contributed by atoms with E-state index in [0.717, 1.165) is 22.3 Å². The molecule has 4 nitrogen and oxygen atoms in total. The van der Waals surface area contributed by atoms with Crippen molar-refractivity contribution in [3.8, 4) is 0 Å². The normalized spacial score (nSPS) is 11.0. The third kappa shape index (κ3) is 3.99. The molecule has 0 saturated heterocycles. The summed E-state index contributed by atoms with van der Waals surface area (Å²) in [5.74, 6) is -1.71. The molecule has 0 saturated carbocycles. The van der Waals surface area contributed by atoms with Crippen LogP contribution in [-0.4, -0.2) is 22.1 Å². The van der Waals surface area contributed by atoms with Gasteiger partial charge in [-0.25, -0.2) is 13.8 Å². The van der Waals surface area contributed by atoms with E-state index in [1.165, 1.54) is 22.7 Å². The van der Waals surface area contributed by atoms with Crippen LogP contribution in [0.2, 0.25) is 0 Å². The number of rotatable bonds is 5. The Morgan fingerprint density at radius 2 is 1.93 bits per heavy atom. The fraction of sp³-hybridized carbons (Fsp3) is 0.0952. The van der Waals surface area contributed by atoms with Crippen LogP contribution in [0.25, 0.3) is 10.2 Å². The number of nitrogens with zero attached hydrogens (tertiary/aromatic N) is 3. The van der Waals surface area contributed by atoms with Crippen LogP contribution in [0.5, 0.6) is 0 Å². The van der Waals surface area contributed by atoms with E-state index in [1.807, 2.05) is 24.5 Å². The molecule has 0 aliphatic heterocycles. The van der Waals surface area contributed by atoms with Crippen molar-refractivity contribution in [1.82, 2.24) is 9.97 Å². The zero-order chi connectivity index (χ0) is 20.4. The Morgan fingerprint density at radius 3 is 2.69 bits per heavy atom. The van der Waals surface area contributed by atoms with Gasteiger partial charge in [-0.15, -0.1) is 11.8 Å². The van der Waals surface area contributed by atoms with Crippen molar-refractivity contribution in [3.05, 3.63) is 83.7 Å². The smallest absolute Gasteiger partial charge is 0.261 e. The lowest BCUT2D eigenvalue weighted by molar-refractivity contribution is 0.0982. The molecule has 0 atom stereocenters. The molecular formula is C21H15F2N3OS2. The predicted molar refractivity (Wildman–Crippen MR) is 113 cm³/mol. The van der Waals surface area contributed by atoms with E-state index in [9.17, 15) is 13.6 Å². The molecule has 0 N–H and O–H groups in total. The first kappa shape index (κ1) is 19.5. The Morgan fingerprint density at radius 1 is 1.14 bits per heavy atom. The van der Waals surface area contributed by atoms with Gasteiger partial charge in [0, 0.05) is 17.2 Å². The van der Waals surface area contributed by atoms with Crippen LogP contribution in [0.15, 0.2) is 65.7 Å². The molecule has 29 heavy (non-hydrogen) atoms. The zero-order valence-electron chi connectivity index (χ0n) is 15.3. The summed E-state index contributed by atoms with van der Waals surface area (Å²) in [6.45, 7) is 0.159. The molecule has 2 aromatic heterocycles. The fourth-order valence-electron chi connectivity index (χ4n) is 2.91. The third-order valence-electron chi connectivity index (χ3n) is 4.26. The lowest BCUT2D eigenvalue weighted by Gasteiger charge is -2.20. The predicted octanol–water partition coefficient (Wildman–Crippen LogP) is 5.54. The first-order chi connectivity index (χ1) is 14.1. The van der Waals surface area contributed by atoms with Crippen LogP contribution in [0.3, 0.4) is 0 Å². The summed E-state index contributed by atoms with van der Waals surface area (Å²) < 4.78 is 28.1. The van der Waals surface area contributed by atoms with Crippen molar-refractivity contribution in [3.63, 3.8) is 0 Å². The highest BCUT2D eigenvalue weighted by Gasteiger charge is 2.25. The van der Waals surface area contributed by atoms with E-state index < -0.39 is 11.6 Å². The molecule has 0 aliphatic carbocycles. The lowest BCUT2D eigenvalue weighted by Crippen LogP contribution is -2.31. The highest BCUT2D eigenvalue weighted by Crippen LogP contribution is 2.33. The summed E-state index contributed by atoms with van der Waals surface area (Å²) >= 11 is 2.53. The van der Waals surface area contributed by atoms with Gasteiger partial charge in [-0.2, -0.15) is 0 Å². The van der Waals surface area contributed by atoms with Crippen molar-refractivity contribution >= 4 is 44.4 Å². The van der Waals surface area contributed by atoms with Gasteiger partial charge < -0.3 is 0 Å². The highest BCUT2D eigenvalue weighted by molar-refractivity contribution is 7.98. The molecule has 8 heteroatoms. The van der Waals surface area contributed by atoms with Gasteiger partial charge in [0.15, 0.2) is 10.9 Å². The number of pyridine rings is 1. The minimum absolute atomic E-state index is 0.0448. The summed E-state index contributed by atoms with van der Waals surface area (Å²) in [6, 6.07) is 14.7. The molecule has 146 valence electrons. The topological polar surface area (TPSA) is 46.1 Å². The van der Waals surface area contributed by atoms with Gasteiger partial charge in [0.05, 0.1) is 22.5 Å². The van der Waals surface area contributed by atoms with Gasteiger partial charge in [0.1, 0.15) is 11.3 Å². The van der Waals surface area contributed by atoms with E-state index in [4.69, 9.17) is 0 Å². The van der Waals surface area contributed by atoms with Gasteiger partial charge in [0.2, 0.25) is 0 Å². The maximum Gasteiger partial charge on any atom is 0.261 e. The van der Waals surface area contributed by atoms with Gasteiger partial charge in [-0.05, 0) is 36.6 Å². The minimum Gasteiger partial charge on any atom is -0.278 e. The first-order valence-electron chi connectivity index (χ1n) is 8.67. The maximum atomic E-state index is 14.2.